The number of hydrogen-bond acceptors (Lipinski definition) is 3. The number of benzene rings is 1. The Bertz CT molecular complexity index is 326. The van der Waals surface area contributed by atoms with Crippen molar-refractivity contribution in [2.45, 2.75) is 13.8 Å². The quantitative estimate of drug-likeness (QED) is 0.423. The molecule has 0 bridgehead atoms. The molecule has 4 heteroatoms. The van der Waals surface area contributed by atoms with E-state index in [-0.39, 0.29) is 5.75 Å². The van der Waals surface area contributed by atoms with E-state index >= 15 is 0 Å². The molecule has 0 aliphatic carbocycles. The van der Waals surface area contributed by atoms with Gasteiger partial charge in [-0.15, -0.1) is 0 Å². The third kappa shape index (κ3) is 3.05. The number of halogens is 1. The standard InChI is InChI=1S/C10H12FNO2/c1-3-13-8(2)12-14-10-7-5-4-6-9(10)11/h4-7H,3H2,1-2H3/b12-8+. The number of rotatable bonds is 3. The second-order valence-electron chi connectivity index (χ2n) is 2.57. The van der Waals surface area contributed by atoms with E-state index in [0.717, 1.165) is 0 Å². The number of para-hydroxylation sites is 1. The van der Waals surface area contributed by atoms with Gasteiger partial charge in [0.05, 0.1) is 6.61 Å². The Kier molecular flexibility index (Phi) is 3.91. The molecule has 0 aromatic heterocycles. The van der Waals surface area contributed by atoms with Crippen molar-refractivity contribution >= 4 is 5.90 Å². The molecular weight excluding hydrogens is 185 g/mol. The van der Waals surface area contributed by atoms with Gasteiger partial charge < -0.3 is 9.57 Å². The largest absolute Gasteiger partial charge is 0.479 e. The molecule has 0 aliphatic rings. The van der Waals surface area contributed by atoms with Crippen LogP contribution in [0.1, 0.15) is 13.8 Å². The minimum absolute atomic E-state index is 0.0894. The Labute approximate surface area is 82.1 Å². The van der Waals surface area contributed by atoms with Crippen molar-refractivity contribution in [2.24, 2.45) is 5.16 Å². The van der Waals surface area contributed by atoms with Gasteiger partial charge >= 0.3 is 0 Å². The fourth-order valence-electron chi connectivity index (χ4n) is 0.867. The van der Waals surface area contributed by atoms with Crippen LogP contribution in [0, 0.1) is 5.82 Å². The van der Waals surface area contributed by atoms with E-state index < -0.39 is 5.82 Å². The van der Waals surface area contributed by atoms with Crippen LogP contribution in [0.15, 0.2) is 29.4 Å². The third-order valence-electron chi connectivity index (χ3n) is 1.46. The van der Waals surface area contributed by atoms with Gasteiger partial charge in [0.2, 0.25) is 5.90 Å². The molecule has 1 aromatic carbocycles. The molecule has 0 saturated heterocycles. The van der Waals surface area contributed by atoms with E-state index in [1.165, 1.54) is 12.1 Å². The number of nitrogens with zero attached hydrogens (tertiary/aromatic N) is 1. The summed E-state index contributed by atoms with van der Waals surface area (Å²) >= 11 is 0. The van der Waals surface area contributed by atoms with Crippen LogP contribution in [0.4, 0.5) is 4.39 Å². The third-order valence-corrected chi connectivity index (χ3v) is 1.46. The number of oxime groups is 1. The normalized spacial score (nSPS) is 11.2. The maximum absolute atomic E-state index is 13.0. The second kappa shape index (κ2) is 5.21. The van der Waals surface area contributed by atoms with Gasteiger partial charge in [0.15, 0.2) is 11.6 Å². The average molecular weight is 197 g/mol. The van der Waals surface area contributed by atoms with Gasteiger partial charge in [0, 0.05) is 6.92 Å². The van der Waals surface area contributed by atoms with Gasteiger partial charge in [-0.25, -0.2) is 4.39 Å². The highest BCUT2D eigenvalue weighted by atomic mass is 19.1. The van der Waals surface area contributed by atoms with Crippen molar-refractivity contribution in [2.75, 3.05) is 6.61 Å². The summed E-state index contributed by atoms with van der Waals surface area (Å²) in [6, 6.07) is 6.06. The molecule has 0 atom stereocenters. The van der Waals surface area contributed by atoms with Crippen LogP contribution in [-0.2, 0) is 4.74 Å². The van der Waals surface area contributed by atoms with Gasteiger partial charge in [-0.3, -0.25) is 0 Å². The predicted molar refractivity (Wildman–Crippen MR) is 51.8 cm³/mol. The van der Waals surface area contributed by atoms with Crippen LogP contribution < -0.4 is 4.84 Å². The summed E-state index contributed by atoms with van der Waals surface area (Å²) in [4.78, 5) is 4.84. The summed E-state index contributed by atoms with van der Waals surface area (Å²) < 4.78 is 18.0. The van der Waals surface area contributed by atoms with Crippen LogP contribution in [0.3, 0.4) is 0 Å². The summed E-state index contributed by atoms with van der Waals surface area (Å²) in [6.07, 6.45) is 0. The highest BCUT2D eigenvalue weighted by Crippen LogP contribution is 2.15. The predicted octanol–water partition coefficient (Wildman–Crippen LogP) is 2.57. The highest BCUT2D eigenvalue weighted by Gasteiger charge is 2.00. The van der Waals surface area contributed by atoms with Crippen LogP contribution in [0.5, 0.6) is 5.75 Å². The summed E-state index contributed by atoms with van der Waals surface area (Å²) in [5.41, 5.74) is 0. The molecule has 1 rings (SSSR count). The zero-order chi connectivity index (χ0) is 10.4. The van der Waals surface area contributed by atoms with Crippen molar-refractivity contribution in [3.05, 3.63) is 30.1 Å². The minimum Gasteiger partial charge on any atom is -0.479 e. The maximum Gasteiger partial charge on any atom is 0.223 e. The van der Waals surface area contributed by atoms with E-state index in [9.17, 15) is 4.39 Å². The lowest BCUT2D eigenvalue weighted by molar-refractivity contribution is 0.269. The molecule has 0 aliphatic heterocycles. The summed E-state index contributed by atoms with van der Waals surface area (Å²) in [5, 5.41) is 3.60. The average Bonchev–Trinajstić information content (AvgIpc) is 2.17. The van der Waals surface area contributed by atoms with Crippen LogP contribution >= 0.6 is 0 Å². The first kappa shape index (κ1) is 10.5. The van der Waals surface area contributed by atoms with E-state index in [1.807, 2.05) is 6.92 Å². The Morgan fingerprint density at radius 3 is 2.79 bits per heavy atom. The van der Waals surface area contributed by atoms with E-state index in [0.29, 0.717) is 12.5 Å². The molecule has 0 unspecified atom stereocenters. The molecule has 0 heterocycles. The molecule has 0 amide bonds. The lowest BCUT2D eigenvalue weighted by atomic mass is 10.3. The topological polar surface area (TPSA) is 30.8 Å². The molecular formula is C10H12FNO2. The maximum atomic E-state index is 13.0. The Balaban J connectivity index is 2.61. The van der Waals surface area contributed by atoms with Crippen LogP contribution in [0.25, 0.3) is 0 Å². The first-order valence-corrected chi connectivity index (χ1v) is 4.33. The lowest BCUT2D eigenvalue weighted by Crippen LogP contribution is -2.01. The van der Waals surface area contributed by atoms with Crippen LogP contribution in [-0.4, -0.2) is 12.5 Å². The molecule has 76 valence electrons. The lowest BCUT2D eigenvalue weighted by Gasteiger charge is -2.02. The van der Waals surface area contributed by atoms with Gasteiger partial charge in [0.1, 0.15) is 0 Å². The van der Waals surface area contributed by atoms with Crippen molar-refractivity contribution in [1.29, 1.82) is 0 Å². The van der Waals surface area contributed by atoms with E-state index in [2.05, 4.69) is 5.16 Å². The van der Waals surface area contributed by atoms with Gasteiger partial charge in [-0.05, 0) is 24.2 Å². The van der Waals surface area contributed by atoms with E-state index in [1.54, 1.807) is 19.1 Å². The summed E-state index contributed by atoms with van der Waals surface area (Å²) in [6.45, 7) is 3.99. The first-order chi connectivity index (χ1) is 6.74. The van der Waals surface area contributed by atoms with Gasteiger partial charge in [0.25, 0.3) is 0 Å². The van der Waals surface area contributed by atoms with Gasteiger partial charge in [-0.2, -0.15) is 0 Å². The van der Waals surface area contributed by atoms with Crippen molar-refractivity contribution in [3.63, 3.8) is 0 Å². The molecule has 0 radical (unpaired) electrons. The molecule has 3 nitrogen and oxygen atoms in total. The Morgan fingerprint density at radius 1 is 1.43 bits per heavy atom. The van der Waals surface area contributed by atoms with Crippen molar-refractivity contribution in [1.82, 2.24) is 0 Å². The molecule has 0 N–H and O–H groups in total. The zero-order valence-corrected chi connectivity index (χ0v) is 8.16. The first-order valence-electron chi connectivity index (χ1n) is 4.33. The van der Waals surface area contributed by atoms with Crippen molar-refractivity contribution < 1.29 is 14.0 Å². The zero-order valence-electron chi connectivity index (χ0n) is 8.16. The smallest absolute Gasteiger partial charge is 0.223 e. The molecule has 0 fully saturated rings. The SMILES string of the molecule is CCO/C(C)=N/Oc1ccccc1F. The molecule has 0 spiro atoms. The summed E-state index contributed by atoms with van der Waals surface area (Å²) in [5.74, 6) is 0.0165. The van der Waals surface area contributed by atoms with E-state index in [4.69, 9.17) is 9.57 Å². The minimum atomic E-state index is -0.444. The fourth-order valence-corrected chi connectivity index (χ4v) is 0.867. The molecule has 14 heavy (non-hydrogen) atoms. The van der Waals surface area contributed by atoms with Gasteiger partial charge in [-0.1, -0.05) is 12.1 Å². The molecule has 1 aromatic rings. The fraction of sp³-hybridized carbons (Fsp3) is 0.300. The number of ether oxygens (including phenoxy) is 1. The highest BCUT2D eigenvalue weighted by molar-refractivity contribution is 5.72. The van der Waals surface area contributed by atoms with Crippen LogP contribution in [0.2, 0.25) is 0 Å². The Morgan fingerprint density at radius 2 is 2.14 bits per heavy atom. The summed E-state index contributed by atoms with van der Waals surface area (Å²) in [7, 11) is 0. The monoisotopic (exact) mass is 197 g/mol. The van der Waals surface area contributed by atoms with Crippen molar-refractivity contribution in [3.8, 4) is 5.75 Å². The molecule has 0 saturated carbocycles. The Hall–Kier alpha value is -1.58. The second-order valence-corrected chi connectivity index (χ2v) is 2.57. The number of hydrogen-bond donors (Lipinski definition) is 0.